The minimum Gasteiger partial charge on any atom is -0.205 e. The standard InChI is InChI=1S/C14H14F/c1-9-11-2-3-12(8-11)14(9)10-4-6-13(15)7-5-10/h4-7,11-12H,1-3,8H2/q+1. The van der Waals surface area contributed by atoms with Gasteiger partial charge in [0, 0.05) is 41.7 Å². The van der Waals surface area contributed by atoms with Gasteiger partial charge in [-0.1, -0.05) is 0 Å². The first-order chi connectivity index (χ1) is 7.25. The third-order valence-electron chi connectivity index (χ3n) is 3.83. The molecule has 0 amide bonds. The van der Waals surface area contributed by atoms with Crippen LogP contribution in [0.1, 0.15) is 24.8 Å². The maximum Gasteiger partial charge on any atom is 0.142 e. The molecule has 15 heavy (non-hydrogen) atoms. The molecule has 2 bridgehead atoms. The summed E-state index contributed by atoms with van der Waals surface area (Å²) < 4.78 is 12.8. The SMILES string of the molecule is C=C1[C+](c2ccc(F)cc2)C2CCC1C2. The van der Waals surface area contributed by atoms with Crippen LogP contribution in [-0.2, 0) is 0 Å². The predicted octanol–water partition coefficient (Wildman–Crippen LogP) is 3.73. The topological polar surface area (TPSA) is 0 Å². The van der Waals surface area contributed by atoms with E-state index in [1.54, 1.807) is 12.1 Å². The third-order valence-corrected chi connectivity index (χ3v) is 3.83. The number of fused-ring (bicyclic) bond motifs is 2. The average Bonchev–Trinajstić information content (AvgIpc) is 2.80. The summed E-state index contributed by atoms with van der Waals surface area (Å²) in [7, 11) is 0. The Bertz CT molecular complexity index is 390. The van der Waals surface area contributed by atoms with Crippen LogP contribution in [-0.4, -0.2) is 0 Å². The van der Waals surface area contributed by atoms with Gasteiger partial charge in [-0.25, -0.2) is 4.39 Å². The van der Waals surface area contributed by atoms with Crippen molar-refractivity contribution in [3.8, 4) is 0 Å². The smallest absolute Gasteiger partial charge is 0.142 e. The Kier molecular flexibility index (Phi) is 1.88. The van der Waals surface area contributed by atoms with E-state index in [0.717, 1.165) is 0 Å². The maximum absolute atomic E-state index is 12.8. The Hall–Kier alpha value is -1.24. The molecule has 76 valence electrons. The average molecular weight is 201 g/mol. The molecule has 2 atom stereocenters. The molecule has 0 radical (unpaired) electrons. The van der Waals surface area contributed by atoms with Gasteiger partial charge in [0.2, 0.25) is 0 Å². The predicted molar refractivity (Wildman–Crippen MR) is 58.7 cm³/mol. The summed E-state index contributed by atoms with van der Waals surface area (Å²) in [6.45, 7) is 4.19. The van der Waals surface area contributed by atoms with Gasteiger partial charge < -0.3 is 0 Å². The lowest BCUT2D eigenvalue weighted by atomic mass is 9.80. The van der Waals surface area contributed by atoms with E-state index in [1.807, 2.05) is 12.1 Å². The Labute approximate surface area is 89.8 Å². The van der Waals surface area contributed by atoms with E-state index in [4.69, 9.17) is 0 Å². The lowest BCUT2D eigenvalue weighted by Gasteiger charge is -2.18. The molecule has 0 N–H and O–H groups in total. The van der Waals surface area contributed by atoms with Crippen molar-refractivity contribution in [1.29, 1.82) is 0 Å². The first-order valence-electron chi connectivity index (χ1n) is 5.57. The van der Waals surface area contributed by atoms with Crippen molar-refractivity contribution >= 4 is 0 Å². The highest BCUT2D eigenvalue weighted by atomic mass is 19.1. The van der Waals surface area contributed by atoms with E-state index in [2.05, 4.69) is 6.58 Å². The lowest BCUT2D eigenvalue weighted by Crippen LogP contribution is -2.11. The first kappa shape index (κ1) is 9.02. The van der Waals surface area contributed by atoms with Crippen LogP contribution in [0.4, 0.5) is 4.39 Å². The summed E-state index contributed by atoms with van der Waals surface area (Å²) >= 11 is 0. The second kappa shape index (κ2) is 3.13. The molecule has 2 aliphatic carbocycles. The van der Waals surface area contributed by atoms with Crippen molar-refractivity contribution in [2.24, 2.45) is 11.8 Å². The highest BCUT2D eigenvalue weighted by molar-refractivity contribution is 5.49. The van der Waals surface area contributed by atoms with Gasteiger partial charge in [-0.3, -0.25) is 0 Å². The summed E-state index contributed by atoms with van der Waals surface area (Å²) in [5, 5.41) is 0. The van der Waals surface area contributed by atoms with Gasteiger partial charge >= 0.3 is 0 Å². The molecule has 0 aromatic heterocycles. The summed E-state index contributed by atoms with van der Waals surface area (Å²) in [4.78, 5) is 0. The molecule has 1 aromatic rings. The number of halogens is 1. The Morgan fingerprint density at radius 3 is 2.53 bits per heavy atom. The molecule has 2 unspecified atom stereocenters. The number of allylic oxidation sites excluding steroid dienone is 1. The van der Waals surface area contributed by atoms with Crippen molar-refractivity contribution in [3.05, 3.63) is 53.7 Å². The monoisotopic (exact) mass is 201 g/mol. The molecule has 1 aromatic carbocycles. The highest BCUT2D eigenvalue weighted by Crippen LogP contribution is 2.54. The zero-order valence-electron chi connectivity index (χ0n) is 8.67. The van der Waals surface area contributed by atoms with Crippen molar-refractivity contribution in [2.45, 2.75) is 19.3 Å². The van der Waals surface area contributed by atoms with Gasteiger partial charge in [-0.05, 0) is 25.8 Å². The van der Waals surface area contributed by atoms with Crippen molar-refractivity contribution in [3.63, 3.8) is 0 Å². The molecule has 2 aliphatic rings. The molecule has 2 saturated carbocycles. The minimum atomic E-state index is -0.159. The molecule has 0 aliphatic heterocycles. The Balaban J connectivity index is 1.94. The highest BCUT2D eigenvalue weighted by Gasteiger charge is 2.47. The van der Waals surface area contributed by atoms with Crippen LogP contribution < -0.4 is 0 Å². The Morgan fingerprint density at radius 1 is 1.20 bits per heavy atom. The van der Waals surface area contributed by atoms with Gasteiger partial charge in [-0.2, -0.15) is 0 Å². The summed E-state index contributed by atoms with van der Waals surface area (Å²) in [5.41, 5.74) is 2.48. The normalized spacial score (nSPS) is 28.9. The second-order valence-electron chi connectivity index (χ2n) is 4.65. The fourth-order valence-corrected chi connectivity index (χ4v) is 3.09. The van der Waals surface area contributed by atoms with Crippen molar-refractivity contribution < 1.29 is 4.39 Å². The van der Waals surface area contributed by atoms with Crippen LogP contribution in [0.3, 0.4) is 0 Å². The van der Waals surface area contributed by atoms with E-state index in [-0.39, 0.29) is 5.82 Å². The maximum atomic E-state index is 12.8. The summed E-state index contributed by atoms with van der Waals surface area (Å²) in [5.74, 6) is 2.63. The number of rotatable bonds is 1. The molecule has 3 rings (SSSR count). The van der Waals surface area contributed by atoms with E-state index < -0.39 is 0 Å². The fraction of sp³-hybridized carbons (Fsp3) is 0.357. The van der Waals surface area contributed by atoms with Gasteiger partial charge in [0.05, 0.1) is 11.5 Å². The van der Waals surface area contributed by atoms with Gasteiger partial charge in [0.25, 0.3) is 0 Å². The van der Waals surface area contributed by atoms with Crippen LogP contribution in [0.25, 0.3) is 0 Å². The van der Waals surface area contributed by atoms with Crippen molar-refractivity contribution in [2.75, 3.05) is 0 Å². The molecule has 2 fully saturated rings. The van der Waals surface area contributed by atoms with Crippen LogP contribution >= 0.6 is 0 Å². The number of hydrogen-bond acceptors (Lipinski definition) is 0. The first-order valence-corrected chi connectivity index (χ1v) is 5.57. The molecule has 0 saturated heterocycles. The van der Waals surface area contributed by atoms with Crippen molar-refractivity contribution in [1.82, 2.24) is 0 Å². The van der Waals surface area contributed by atoms with E-state index in [0.29, 0.717) is 11.8 Å². The Morgan fingerprint density at radius 2 is 1.93 bits per heavy atom. The van der Waals surface area contributed by atoms with Gasteiger partial charge in [-0.15, -0.1) is 0 Å². The summed E-state index contributed by atoms with van der Waals surface area (Å²) in [6, 6.07) is 6.86. The number of hydrogen-bond donors (Lipinski definition) is 0. The largest absolute Gasteiger partial charge is 0.205 e. The molecular weight excluding hydrogens is 187 g/mol. The van der Waals surface area contributed by atoms with Crippen LogP contribution in [0.5, 0.6) is 0 Å². The fourth-order valence-electron chi connectivity index (χ4n) is 3.09. The summed E-state index contributed by atoms with van der Waals surface area (Å²) in [6.07, 6.45) is 3.86. The number of benzene rings is 1. The molecule has 0 heterocycles. The zero-order chi connectivity index (χ0) is 10.4. The molecule has 1 heteroatoms. The van der Waals surface area contributed by atoms with Gasteiger partial charge in [0.1, 0.15) is 5.82 Å². The quantitative estimate of drug-likeness (QED) is 0.607. The van der Waals surface area contributed by atoms with Crippen LogP contribution in [0.2, 0.25) is 0 Å². The lowest BCUT2D eigenvalue weighted by molar-refractivity contribution is 0.604. The molecule has 0 spiro atoms. The minimum absolute atomic E-state index is 0.159. The second-order valence-corrected chi connectivity index (χ2v) is 4.65. The van der Waals surface area contributed by atoms with Crippen LogP contribution in [0, 0.1) is 23.6 Å². The van der Waals surface area contributed by atoms with Crippen LogP contribution in [0.15, 0.2) is 36.4 Å². The van der Waals surface area contributed by atoms with E-state index in [1.165, 1.54) is 36.3 Å². The van der Waals surface area contributed by atoms with Gasteiger partial charge in [0.15, 0.2) is 0 Å². The molecule has 0 nitrogen and oxygen atoms in total. The third kappa shape index (κ3) is 1.30. The van der Waals surface area contributed by atoms with E-state index >= 15 is 0 Å². The zero-order valence-corrected chi connectivity index (χ0v) is 8.67. The van der Waals surface area contributed by atoms with E-state index in [9.17, 15) is 4.39 Å². The molecular formula is C14H14F+.